The van der Waals surface area contributed by atoms with Crippen LogP contribution in [0.15, 0.2) is 23.0 Å². The van der Waals surface area contributed by atoms with Crippen LogP contribution in [0.4, 0.5) is 0 Å². The van der Waals surface area contributed by atoms with Gasteiger partial charge >= 0.3 is 0 Å². The predicted octanol–water partition coefficient (Wildman–Crippen LogP) is 2.85. The lowest BCUT2D eigenvalue weighted by atomic mass is 10.0. The SMILES string of the molecule is CCc1nc(Cc2cc(C)cc(C)c2)[nH]c(=O)c1C. The van der Waals surface area contributed by atoms with Gasteiger partial charge in [-0.05, 0) is 32.8 Å². The van der Waals surface area contributed by atoms with E-state index in [1.54, 1.807) is 0 Å². The van der Waals surface area contributed by atoms with E-state index in [0.29, 0.717) is 6.42 Å². The van der Waals surface area contributed by atoms with E-state index >= 15 is 0 Å². The van der Waals surface area contributed by atoms with Crippen molar-refractivity contribution in [3.8, 4) is 0 Å². The number of benzene rings is 1. The number of nitrogens with zero attached hydrogens (tertiary/aromatic N) is 1. The molecular formula is C16H20N2O. The molecule has 0 aliphatic heterocycles. The van der Waals surface area contributed by atoms with Crippen LogP contribution in [0, 0.1) is 20.8 Å². The molecule has 0 aliphatic rings. The highest BCUT2D eigenvalue weighted by atomic mass is 16.1. The molecule has 0 unspecified atom stereocenters. The second-order valence-electron chi connectivity index (χ2n) is 5.11. The molecule has 0 aliphatic carbocycles. The summed E-state index contributed by atoms with van der Waals surface area (Å²) in [6.45, 7) is 8.01. The molecule has 1 aromatic heterocycles. The van der Waals surface area contributed by atoms with Crippen molar-refractivity contribution < 1.29 is 0 Å². The predicted molar refractivity (Wildman–Crippen MR) is 77.7 cm³/mol. The fraction of sp³-hybridized carbons (Fsp3) is 0.375. The zero-order valence-corrected chi connectivity index (χ0v) is 12.0. The standard InChI is InChI=1S/C16H20N2O/c1-5-14-12(4)16(19)18-15(17-14)9-13-7-10(2)6-11(3)8-13/h6-8H,5,9H2,1-4H3,(H,17,18,19). The Hall–Kier alpha value is -1.90. The van der Waals surface area contributed by atoms with E-state index in [0.717, 1.165) is 23.5 Å². The number of hydrogen-bond acceptors (Lipinski definition) is 2. The quantitative estimate of drug-likeness (QED) is 0.917. The van der Waals surface area contributed by atoms with E-state index in [1.807, 2.05) is 13.8 Å². The maximum absolute atomic E-state index is 11.8. The highest BCUT2D eigenvalue weighted by Gasteiger charge is 2.07. The maximum Gasteiger partial charge on any atom is 0.254 e. The van der Waals surface area contributed by atoms with Crippen molar-refractivity contribution in [1.29, 1.82) is 0 Å². The number of nitrogens with one attached hydrogen (secondary N) is 1. The first-order chi connectivity index (χ1) is 8.99. The van der Waals surface area contributed by atoms with Crippen molar-refractivity contribution in [2.24, 2.45) is 0 Å². The second-order valence-corrected chi connectivity index (χ2v) is 5.11. The first-order valence-electron chi connectivity index (χ1n) is 6.65. The summed E-state index contributed by atoms with van der Waals surface area (Å²) in [7, 11) is 0. The topological polar surface area (TPSA) is 45.8 Å². The van der Waals surface area contributed by atoms with Crippen LogP contribution in [0.5, 0.6) is 0 Å². The van der Waals surface area contributed by atoms with Crippen LogP contribution >= 0.6 is 0 Å². The van der Waals surface area contributed by atoms with E-state index in [2.05, 4.69) is 42.0 Å². The van der Waals surface area contributed by atoms with Crippen LogP contribution in [-0.4, -0.2) is 9.97 Å². The summed E-state index contributed by atoms with van der Waals surface area (Å²) < 4.78 is 0. The van der Waals surface area contributed by atoms with Gasteiger partial charge in [0.25, 0.3) is 5.56 Å². The van der Waals surface area contributed by atoms with Gasteiger partial charge in [0.1, 0.15) is 5.82 Å². The molecule has 100 valence electrons. The van der Waals surface area contributed by atoms with Crippen LogP contribution < -0.4 is 5.56 Å². The summed E-state index contributed by atoms with van der Waals surface area (Å²) in [6, 6.07) is 6.42. The Bertz CT molecular complexity index is 636. The minimum absolute atomic E-state index is 0.0220. The third-order valence-electron chi connectivity index (χ3n) is 3.29. The van der Waals surface area contributed by atoms with Crippen LogP contribution in [-0.2, 0) is 12.8 Å². The molecule has 0 saturated heterocycles. The van der Waals surface area contributed by atoms with Gasteiger partial charge < -0.3 is 4.98 Å². The molecule has 1 N–H and O–H groups in total. The average molecular weight is 256 g/mol. The molecule has 19 heavy (non-hydrogen) atoms. The number of rotatable bonds is 3. The number of aromatic amines is 1. The third kappa shape index (κ3) is 3.11. The number of hydrogen-bond donors (Lipinski definition) is 1. The summed E-state index contributed by atoms with van der Waals surface area (Å²) in [5, 5.41) is 0. The minimum atomic E-state index is -0.0220. The molecule has 0 radical (unpaired) electrons. The van der Waals surface area contributed by atoms with Crippen molar-refractivity contribution >= 4 is 0 Å². The van der Waals surface area contributed by atoms with Gasteiger partial charge in [0.05, 0.1) is 5.69 Å². The van der Waals surface area contributed by atoms with Gasteiger partial charge in [-0.3, -0.25) is 4.79 Å². The molecule has 0 fully saturated rings. The summed E-state index contributed by atoms with van der Waals surface area (Å²) in [5.74, 6) is 0.748. The summed E-state index contributed by atoms with van der Waals surface area (Å²) in [6.07, 6.45) is 1.46. The Labute approximate surface area is 113 Å². The molecule has 2 aromatic rings. The van der Waals surface area contributed by atoms with Crippen LogP contribution in [0.1, 0.15) is 40.7 Å². The zero-order valence-electron chi connectivity index (χ0n) is 12.0. The summed E-state index contributed by atoms with van der Waals surface area (Å²) in [5.41, 5.74) is 5.26. The lowest BCUT2D eigenvalue weighted by molar-refractivity contribution is 0.867. The Morgan fingerprint density at radius 2 is 1.74 bits per heavy atom. The molecule has 0 amide bonds. The highest BCUT2D eigenvalue weighted by Crippen LogP contribution is 2.12. The van der Waals surface area contributed by atoms with Gasteiger partial charge in [-0.25, -0.2) is 4.98 Å². The lowest BCUT2D eigenvalue weighted by Crippen LogP contribution is -2.17. The Balaban J connectivity index is 2.38. The molecule has 1 aromatic carbocycles. The second kappa shape index (κ2) is 5.39. The molecule has 0 atom stereocenters. The van der Waals surface area contributed by atoms with Gasteiger partial charge in [0.2, 0.25) is 0 Å². The smallest absolute Gasteiger partial charge is 0.254 e. The Morgan fingerprint density at radius 1 is 1.11 bits per heavy atom. The molecule has 3 nitrogen and oxygen atoms in total. The fourth-order valence-corrected chi connectivity index (χ4v) is 2.42. The first kappa shape index (κ1) is 13.5. The molecule has 1 heterocycles. The Kier molecular flexibility index (Phi) is 3.84. The van der Waals surface area contributed by atoms with E-state index in [-0.39, 0.29) is 5.56 Å². The fourth-order valence-electron chi connectivity index (χ4n) is 2.42. The van der Waals surface area contributed by atoms with E-state index in [4.69, 9.17) is 0 Å². The van der Waals surface area contributed by atoms with Gasteiger partial charge in [-0.2, -0.15) is 0 Å². The summed E-state index contributed by atoms with van der Waals surface area (Å²) >= 11 is 0. The molecular weight excluding hydrogens is 236 g/mol. The van der Waals surface area contributed by atoms with Crippen molar-refractivity contribution in [2.45, 2.75) is 40.5 Å². The molecule has 0 spiro atoms. The van der Waals surface area contributed by atoms with Crippen LogP contribution in [0.3, 0.4) is 0 Å². The molecule has 2 rings (SSSR count). The van der Waals surface area contributed by atoms with Crippen molar-refractivity contribution in [1.82, 2.24) is 9.97 Å². The number of H-pyrrole nitrogens is 1. The van der Waals surface area contributed by atoms with Gasteiger partial charge in [-0.1, -0.05) is 36.2 Å². The van der Waals surface area contributed by atoms with Crippen LogP contribution in [0.2, 0.25) is 0 Å². The van der Waals surface area contributed by atoms with Crippen molar-refractivity contribution in [2.75, 3.05) is 0 Å². The minimum Gasteiger partial charge on any atom is -0.310 e. The number of aryl methyl sites for hydroxylation is 3. The maximum atomic E-state index is 11.8. The summed E-state index contributed by atoms with van der Waals surface area (Å²) in [4.78, 5) is 19.3. The van der Waals surface area contributed by atoms with Crippen molar-refractivity contribution in [3.05, 3.63) is 62.3 Å². The molecule has 0 saturated carbocycles. The van der Waals surface area contributed by atoms with Crippen molar-refractivity contribution in [3.63, 3.8) is 0 Å². The number of aromatic nitrogens is 2. The van der Waals surface area contributed by atoms with Crippen LogP contribution in [0.25, 0.3) is 0 Å². The molecule has 3 heteroatoms. The van der Waals surface area contributed by atoms with E-state index < -0.39 is 0 Å². The lowest BCUT2D eigenvalue weighted by Gasteiger charge is -2.07. The largest absolute Gasteiger partial charge is 0.310 e. The normalized spacial score (nSPS) is 10.7. The Morgan fingerprint density at radius 3 is 2.32 bits per heavy atom. The first-order valence-corrected chi connectivity index (χ1v) is 6.65. The molecule has 0 bridgehead atoms. The highest BCUT2D eigenvalue weighted by molar-refractivity contribution is 5.30. The average Bonchev–Trinajstić information content (AvgIpc) is 2.32. The van der Waals surface area contributed by atoms with Gasteiger partial charge in [0.15, 0.2) is 0 Å². The zero-order chi connectivity index (χ0) is 14.0. The van der Waals surface area contributed by atoms with E-state index in [9.17, 15) is 4.79 Å². The van der Waals surface area contributed by atoms with Gasteiger partial charge in [0, 0.05) is 12.0 Å². The van der Waals surface area contributed by atoms with Gasteiger partial charge in [-0.15, -0.1) is 0 Å². The third-order valence-corrected chi connectivity index (χ3v) is 3.29. The van der Waals surface area contributed by atoms with E-state index in [1.165, 1.54) is 16.7 Å². The monoisotopic (exact) mass is 256 g/mol.